The molecule has 3 rings (SSSR count). The molecule has 0 unspecified atom stereocenters. The van der Waals surface area contributed by atoms with Crippen molar-refractivity contribution in [3.63, 3.8) is 0 Å². The van der Waals surface area contributed by atoms with Crippen LogP contribution in [0.1, 0.15) is 42.3 Å². The van der Waals surface area contributed by atoms with Gasteiger partial charge in [0, 0.05) is 29.1 Å². The summed E-state index contributed by atoms with van der Waals surface area (Å²) in [5.74, 6) is 1.24. The molecule has 0 saturated heterocycles. The molecule has 3 aromatic rings. The monoisotopic (exact) mass is 351 g/mol. The van der Waals surface area contributed by atoms with E-state index in [0.29, 0.717) is 24.6 Å². The molecule has 0 spiro atoms. The van der Waals surface area contributed by atoms with E-state index >= 15 is 0 Å². The molecule has 0 radical (unpaired) electrons. The first-order chi connectivity index (χ1) is 12.5. The molecule has 6 heteroatoms. The number of nitrogens with one attached hydrogen (secondary N) is 1. The van der Waals surface area contributed by atoms with Crippen molar-refractivity contribution in [1.29, 1.82) is 0 Å². The van der Waals surface area contributed by atoms with E-state index in [1.165, 1.54) is 0 Å². The van der Waals surface area contributed by atoms with Gasteiger partial charge in [-0.25, -0.2) is 9.50 Å². The van der Waals surface area contributed by atoms with Gasteiger partial charge in [0.1, 0.15) is 0 Å². The predicted octanol–water partition coefficient (Wildman–Crippen LogP) is 3.18. The molecule has 1 amide bonds. The molecule has 0 fully saturated rings. The second-order valence-corrected chi connectivity index (χ2v) is 6.60. The summed E-state index contributed by atoms with van der Waals surface area (Å²) in [7, 11) is 0. The largest absolute Gasteiger partial charge is 0.356 e. The van der Waals surface area contributed by atoms with Crippen LogP contribution < -0.4 is 5.32 Å². The molecule has 0 aliphatic carbocycles. The lowest BCUT2D eigenvalue weighted by atomic mass is 10.1. The van der Waals surface area contributed by atoms with Crippen molar-refractivity contribution in [2.45, 2.75) is 47.0 Å². The standard InChI is InChI=1S/C20H25N5O/c1-5-6-11-21-18(26)12-17-14(3)22-20-23-19(24-25(20)15(17)4)16-10-8-7-9-13(16)2/h7-10H,5-6,11-12H2,1-4H3,(H,21,26). The average Bonchev–Trinajstić information content (AvgIpc) is 3.03. The number of amides is 1. The number of unbranched alkanes of at least 4 members (excludes halogenated alkanes) is 1. The molecule has 6 nitrogen and oxygen atoms in total. The fraction of sp³-hybridized carbons (Fsp3) is 0.400. The minimum atomic E-state index is 0.0186. The molecule has 0 aliphatic rings. The summed E-state index contributed by atoms with van der Waals surface area (Å²) in [5, 5.41) is 7.60. The molecule has 2 aromatic heterocycles. The van der Waals surface area contributed by atoms with Crippen molar-refractivity contribution in [1.82, 2.24) is 24.9 Å². The molecule has 0 bridgehead atoms. The molecular formula is C20H25N5O. The normalized spacial score (nSPS) is 11.1. The highest BCUT2D eigenvalue weighted by Gasteiger charge is 2.17. The fourth-order valence-electron chi connectivity index (χ4n) is 3.03. The van der Waals surface area contributed by atoms with E-state index < -0.39 is 0 Å². The maximum absolute atomic E-state index is 12.2. The van der Waals surface area contributed by atoms with Gasteiger partial charge in [-0.1, -0.05) is 37.6 Å². The first kappa shape index (κ1) is 18.0. The van der Waals surface area contributed by atoms with Gasteiger partial charge < -0.3 is 5.32 Å². The Kier molecular flexibility index (Phi) is 5.30. The Balaban J connectivity index is 1.95. The number of hydrogen-bond acceptors (Lipinski definition) is 4. The number of aryl methyl sites for hydroxylation is 3. The molecule has 0 atom stereocenters. The van der Waals surface area contributed by atoms with Crippen LogP contribution in [0.15, 0.2) is 24.3 Å². The number of aromatic nitrogens is 4. The zero-order valence-corrected chi connectivity index (χ0v) is 15.8. The summed E-state index contributed by atoms with van der Waals surface area (Å²) in [6.45, 7) is 8.74. The van der Waals surface area contributed by atoms with E-state index in [1.54, 1.807) is 4.52 Å². The topological polar surface area (TPSA) is 72.2 Å². The van der Waals surface area contributed by atoms with Gasteiger partial charge in [-0.2, -0.15) is 4.98 Å². The van der Waals surface area contributed by atoms with Crippen LogP contribution in [0.4, 0.5) is 0 Å². The van der Waals surface area contributed by atoms with Crippen LogP contribution >= 0.6 is 0 Å². The van der Waals surface area contributed by atoms with Crippen molar-refractivity contribution in [2.75, 3.05) is 6.54 Å². The number of carbonyl (C=O) groups is 1. The third kappa shape index (κ3) is 3.59. The highest BCUT2D eigenvalue weighted by molar-refractivity contribution is 5.79. The van der Waals surface area contributed by atoms with E-state index in [9.17, 15) is 4.79 Å². The van der Waals surface area contributed by atoms with E-state index in [-0.39, 0.29) is 5.91 Å². The molecule has 136 valence electrons. The van der Waals surface area contributed by atoms with E-state index in [1.807, 2.05) is 45.0 Å². The summed E-state index contributed by atoms with van der Waals surface area (Å²) >= 11 is 0. The van der Waals surface area contributed by atoms with Gasteiger partial charge in [-0.15, -0.1) is 5.10 Å². The van der Waals surface area contributed by atoms with Gasteiger partial charge in [0.25, 0.3) is 5.78 Å². The van der Waals surface area contributed by atoms with Crippen LogP contribution in [0.25, 0.3) is 17.2 Å². The maximum Gasteiger partial charge on any atom is 0.253 e. The Labute approximate surface area is 153 Å². The molecule has 1 aromatic carbocycles. The third-order valence-corrected chi connectivity index (χ3v) is 4.62. The van der Waals surface area contributed by atoms with Gasteiger partial charge in [0.2, 0.25) is 5.91 Å². The van der Waals surface area contributed by atoms with E-state index in [4.69, 9.17) is 0 Å². The highest BCUT2D eigenvalue weighted by Crippen LogP contribution is 2.22. The fourth-order valence-corrected chi connectivity index (χ4v) is 3.03. The van der Waals surface area contributed by atoms with E-state index in [2.05, 4.69) is 27.3 Å². The zero-order valence-electron chi connectivity index (χ0n) is 15.8. The zero-order chi connectivity index (χ0) is 18.7. The lowest BCUT2D eigenvalue weighted by Crippen LogP contribution is -2.27. The summed E-state index contributed by atoms with van der Waals surface area (Å²) in [6.07, 6.45) is 2.36. The van der Waals surface area contributed by atoms with Crippen LogP contribution in [0.3, 0.4) is 0 Å². The van der Waals surface area contributed by atoms with Crippen LogP contribution in [0.5, 0.6) is 0 Å². The Morgan fingerprint density at radius 2 is 1.92 bits per heavy atom. The van der Waals surface area contributed by atoms with Gasteiger partial charge in [-0.3, -0.25) is 4.79 Å². The van der Waals surface area contributed by atoms with Crippen LogP contribution in [0, 0.1) is 20.8 Å². The number of benzene rings is 1. The first-order valence-corrected chi connectivity index (χ1v) is 9.06. The lowest BCUT2D eigenvalue weighted by Gasteiger charge is -2.10. The predicted molar refractivity (Wildman–Crippen MR) is 102 cm³/mol. The Morgan fingerprint density at radius 3 is 2.65 bits per heavy atom. The number of carbonyl (C=O) groups excluding carboxylic acids is 1. The molecule has 2 heterocycles. The van der Waals surface area contributed by atoms with Crippen LogP contribution in [0.2, 0.25) is 0 Å². The van der Waals surface area contributed by atoms with Gasteiger partial charge >= 0.3 is 0 Å². The van der Waals surface area contributed by atoms with Crippen molar-refractivity contribution >= 4 is 11.7 Å². The summed E-state index contributed by atoms with van der Waals surface area (Å²) in [5.41, 5.74) is 4.75. The van der Waals surface area contributed by atoms with E-state index in [0.717, 1.165) is 40.9 Å². The number of rotatable bonds is 6. The van der Waals surface area contributed by atoms with Gasteiger partial charge in [0.05, 0.1) is 6.42 Å². The average molecular weight is 351 g/mol. The second kappa shape index (κ2) is 7.64. The van der Waals surface area contributed by atoms with Crippen molar-refractivity contribution in [3.05, 3.63) is 46.8 Å². The highest BCUT2D eigenvalue weighted by atomic mass is 16.1. The summed E-state index contributed by atoms with van der Waals surface area (Å²) < 4.78 is 1.74. The Hall–Kier alpha value is -2.76. The third-order valence-electron chi connectivity index (χ3n) is 4.62. The molecular weight excluding hydrogens is 326 g/mol. The minimum absolute atomic E-state index is 0.0186. The first-order valence-electron chi connectivity index (χ1n) is 9.06. The lowest BCUT2D eigenvalue weighted by molar-refractivity contribution is -0.120. The minimum Gasteiger partial charge on any atom is -0.356 e. The molecule has 1 N–H and O–H groups in total. The number of fused-ring (bicyclic) bond motifs is 1. The van der Waals surface area contributed by atoms with Crippen molar-refractivity contribution < 1.29 is 4.79 Å². The molecule has 26 heavy (non-hydrogen) atoms. The Bertz CT molecular complexity index is 945. The molecule has 0 saturated carbocycles. The second-order valence-electron chi connectivity index (χ2n) is 6.60. The van der Waals surface area contributed by atoms with Crippen LogP contribution in [-0.4, -0.2) is 32.0 Å². The quantitative estimate of drug-likeness (QED) is 0.692. The van der Waals surface area contributed by atoms with Gasteiger partial charge in [0.15, 0.2) is 5.82 Å². The number of hydrogen-bond donors (Lipinski definition) is 1. The summed E-state index contributed by atoms with van der Waals surface area (Å²) in [4.78, 5) is 21.4. The van der Waals surface area contributed by atoms with Crippen molar-refractivity contribution in [3.8, 4) is 11.4 Å². The summed E-state index contributed by atoms with van der Waals surface area (Å²) in [6, 6.07) is 8.02. The van der Waals surface area contributed by atoms with Gasteiger partial charge in [-0.05, 0) is 32.8 Å². The number of nitrogens with zero attached hydrogens (tertiary/aromatic N) is 4. The van der Waals surface area contributed by atoms with Crippen molar-refractivity contribution in [2.24, 2.45) is 0 Å². The smallest absolute Gasteiger partial charge is 0.253 e. The maximum atomic E-state index is 12.2. The SMILES string of the molecule is CCCCNC(=O)Cc1c(C)nc2nc(-c3ccccc3C)nn2c1C. The van der Waals surface area contributed by atoms with Crippen LogP contribution in [-0.2, 0) is 11.2 Å². The Morgan fingerprint density at radius 1 is 1.15 bits per heavy atom. The molecule has 0 aliphatic heterocycles.